The van der Waals surface area contributed by atoms with E-state index in [4.69, 9.17) is 5.73 Å². The van der Waals surface area contributed by atoms with E-state index in [1.54, 1.807) is 24.3 Å². The van der Waals surface area contributed by atoms with Gasteiger partial charge < -0.3 is 16.0 Å². The van der Waals surface area contributed by atoms with E-state index in [9.17, 15) is 9.59 Å². The zero-order valence-corrected chi connectivity index (χ0v) is 14.8. The Morgan fingerprint density at radius 3 is 2.04 bits per heavy atom. The summed E-state index contributed by atoms with van der Waals surface area (Å²) in [6.07, 6.45) is 0. The molecule has 1 aromatic carbocycles. The van der Waals surface area contributed by atoms with Gasteiger partial charge in [-0.25, -0.2) is 0 Å². The molecule has 0 atom stereocenters. The van der Waals surface area contributed by atoms with Gasteiger partial charge in [-0.15, -0.1) is 0 Å². The predicted molar refractivity (Wildman–Crippen MR) is 95.1 cm³/mol. The summed E-state index contributed by atoms with van der Waals surface area (Å²) >= 11 is 0. The Morgan fingerprint density at radius 1 is 1.04 bits per heavy atom. The van der Waals surface area contributed by atoms with Gasteiger partial charge in [0.2, 0.25) is 5.91 Å². The molecule has 1 saturated heterocycles. The maximum absolute atomic E-state index is 12.4. The van der Waals surface area contributed by atoms with Gasteiger partial charge in [0.05, 0.1) is 0 Å². The average molecular weight is 332 g/mol. The van der Waals surface area contributed by atoms with Crippen molar-refractivity contribution < 1.29 is 9.59 Å². The molecule has 0 unspecified atom stereocenters. The molecule has 0 radical (unpaired) electrons. The lowest BCUT2D eigenvalue weighted by Crippen LogP contribution is -2.55. The van der Waals surface area contributed by atoms with E-state index >= 15 is 0 Å². The first-order chi connectivity index (χ1) is 11.3. The minimum absolute atomic E-state index is 0.136. The molecule has 0 spiro atoms. The van der Waals surface area contributed by atoms with Crippen molar-refractivity contribution in [2.24, 2.45) is 5.73 Å². The normalized spacial score (nSPS) is 16.8. The Bertz CT molecular complexity index is 575. The molecule has 2 amide bonds. The van der Waals surface area contributed by atoms with E-state index in [0.717, 1.165) is 39.3 Å². The minimum Gasteiger partial charge on any atom is -0.366 e. The van der Waals surface area contributed by atoms with Crippen molar-refractivity contribution in [3.05, 3.63) is 35.4 Å². The maximum Gasteiger partial charge on any atom is 0.251 e. The number of carbonyl (C=O) groups excluding carboxylic acids is 2. The Balaban J connectivity index is 1.90. The van der Waals surface area contributed by atoms with Crippen LogP contribution in [0.3, 0.4) is 0 Å². The first kappa shape index (κ1) is 18.4. The highest BCUT2D eigenvalue weighted by Crippen LogP contribution is 2.11. The molecule has 2 rings (SSSR count). The summed E-state index contributed by atoms with van der Waals surface area (Å²) in [6.45, 7) is 12.4. The van der Waals surface area contributed by atoms with Crippen molar-refractivity contribution in [2.45, 2.75) is 26.3 Å². The smallest absolute Gasteiger partial charge is 0.251 e. The third kappa shape index (κ3) is 5.04. The van der Waals surface area contributed by atoms with E-state index < -0.39 is 5.91 Å². The highest BCUT2D eigenvalue weighted by Gasteiger charge is 2.26. The number of nitrogens with zero attached hydrogens (tertiary/aromatic N) is 2. The summed E-state index contributed by atoms with van der Waals surface area (Å²) in [5.41, 5.74) is 5.83. The van der Waals surface area contributed by atoms with E-state index in [0.29, 0.717) is 11.1 Å². The van der Waals surface area contributed by atoms with Crippen molar-refractivity contribution in [3.8, 4) is 0 Å². The molecule has 0 bridgehead atoms. The number of rotatable bonds is 6. The fourth-order valence-corrected chi connectivity index (χ4v) is 3.03. The molecule has 6 nitrogen and oxygen atoms in total. The van der Waals surface area contributed by atoms with E-state index in [1.807, 2.05) is 13.8 Å². The number of carbonyl (C=O) groups is 2. The SMILES string of the molecule is CCN1CCN(CC(C)(C)NC(=O)c2ccc(C(N)=O)cc2)CC1. The second-order valence-corrected chi connectivity index (χ2v) is 6.99. The maximum atomic E-state index is 12.4. The molecule has 1 heterocycles. The van der Waals surface area contributed by atoms with Crippen molar-refractivity contribution in [2.75, 3.05) is 39.3 Å². The molecule has 1 aliphatic heterocycles. The van der Waals surface area contributed by atoms with Gasteiger partial charge >= 0.3 is 0 Å². The highest BCUT2D eigenvalue weighted by atomic mass is 16.2. The van der Waals surface area contributed by atoms with E-state index in [1.165, 1.54) is 0 Å². The van der Waals surface area contributed by atoms with Crippen molar-refractivity contribution in [3.63, 3.8) is 0 Å². The van der Waals surface area contributed by atoms with Gasteiger partial charge in [-0.1, -0.05) is 6.92 Å². The van der Waals surface area contributed by atoms with Crippen LogP contribution in [0, 0.1) is 0 Å². The quantitative estimate of drug-likeness (QED) is 0.812. The lowest BCUT2D eigenvalue weighted by atomic mass is 10.0. The fraction of sp³-hybridized carbons (Fsp3) is 0.556. The van der Waals surface area contributed by atoms with Gasteiger partial charge in [-0.05, 0) is 44.7 Å². The van der Waals surface area contributed by atoms with Crippen LogP contribution in [0.2, 0.25) is 0 Å². The first-order valence-corrected chi connectivity index (χ1v) is 8.48. The summed E-state index contributed by atoms with van der Waals surface area (Å²) in [5, 5.41) is 3.08. The van der Waals surface area contributed by atoms with Crippen LogP contribution >= 0.6 is 0 Å². The Morgan fingerprint density at radius 2 is 1.54 bits per heavy atom. The number of hydrogen-bond donors (Lipinski definition) is 2. The number of benzene rings is 1. The molecule has 0 aliphatic carbocycles. The number of nitrogens with one attached hydrogen (secondary N) is 1. The number of primary amides is 1. The van der Waals surface area contributed by atoms with Crippen LogP contribution in [0.1, 0.15) is 41.5 Å². The lowest BCUT2D eigenvalue weighted by Gasteiger charge is -2.39. The van der Waals surface area contributed by atoms with E-state index in [2.05, 4.69) is 22.0 Å². The molecule has 1 aromatic rings. The standard InChI is InChI=1S/C18H28N4O2/c1-4-21-9-11-22(12-10-21)13-18(2,3)20-17(24)15-7-5-14(6-8-15)16(19)23/h5-8H,4,9-13H2,1-3H3,(H2,19,23)(H,20,24). The summed E-state index contributed by atoms with van der Waals surface area (Å²) < 4.78 is 0. The van der Waals surface area contributed by atoms with Crippen molar-refractivity contribution >= 4 is 11.8 Å². The van der Waals surface area contributed by atoms with E-state index in [-0.39, 0.29) is 11.4 Å². The number of likely N-dealkylation sites (N-methyl/N-ethyl adjacent to an activating group) is 1. The van der Waals surface area contributed by atoms with Gasteiger partial charge in [0, 0.05) is 49.4 Å². The summed E-state index contributed by atoms with van der Waals surface area (Å²) in [6, 6.07) is 6.42. The second-order valence-electron chi connectivity index (χ2n) is 6.99. The average Bonchev–Trinajstić information content (AvgIpc) is 2.54. The number of hydrogen-bond acceptors (Lipinski definition) is 4. The minimum atomic E-state index is -0.492. The monoisotopic (exact) mass is 332 g/mol. The second kappa shape index (κ2) is 7.77. The number of nitrogens with two attached hydrogens (primary N) is 1. The summed E-state index contributed by atoms with van der Waals surface area (Å²) in [5.74, 6) is -0.628. The largest absolute Gasteiger partial charge is 0.366 e. The number of amides is 2. The molecular formula is C18H28N4O2. The summed E-state index contributed by atoms with van der Waals surface area (Å²) in [4.78, 5) is 28.3. The Labute approximate surface area is 144 Å². The molecule has 0 aromatic heterocycles. The molecule has 1 fully saturated rings. The highest BCUT2D eigenvalue weighted by molar-refractivity contribution is 5.97. The van der Waals surface area contributed by atoms with Crippen LogP contribution in [0.15, 0.2) is 24.3 Å². The van der Waals surface area contributed by atoms with Gasteiger partial charge in [0.25, 0.3) is 5.91 Å². The Kier molecular flexibility index (Phi) is 5.96. The van der Waals surface area contributed by atoms with Crippen LogP contribution in [0.4, 0.5) is 0 Å². The lowest BCUT2D eigenvalue weighted by molar-refractivity contribution is 0.0834. The fourth-order valence-electron chi connectivity index (χ4n) is 3.03. The third-order valence-corrected chi connectivity index (χ3v) is 4.41. The van der Waals surface area contributed by atoms with Gasteiger partial charge in [0.1, 0.15) is 0 Å². The van der Waals surface area contributed by atoms with Gasteiger partial charge in [-0.2, -0.15) is 0 Å². The van der Waals surface area contributed by atoms with Crippen molar-refractivity contribution in [1.82, 2.24) is 15.1 Å². The molecule has 132 valence electrons. The van der Waals surface area contributed by atoms with Crippen LogP contribution in [-0.4, -0.2) is 66.4 Å². The first-order valence-electron chi connectivity index (χ1n) is 8.48. The third-order valence-electron chi connectivity index (χ3n) is 4.41. The zero-order chi connectivity index (χ0) is 17.7. The van der Waals surface area contributed by atoms with Crippen LogP contribution in [-0.2, 0) is 0 Å². The predicted octanol–water partition coefficient (Wildman–Crippen LogP) is 0.931. The summed E-state index contributed by atoms with van der Waals surface area (Å²) in [7, 11) is 0. The zero-order valence-electron chi connectivity index (χ0n) is 14.8. The van der Waals surface area contributed by atoms with Gasteiger partial charge in [-0.3, -0.25) is 14.5 Å². The molecule has 24 heavy (non-hydrogen) atoms. The van der Waals surface area contributed by atoms with Crippen LogP contribution in [0.25, 0.3) is 0 Å². The van der Waals surface area contributed by atoms with Crippen molar-refractivity contribution in [1.29, 1.82) is 0 Å². The number of piperazine rings is 1. The van der Waals surface area contributed by atoms with Crippen LogP contribution < -0.4 is 11.1 Å². The van der Waals surface area contributed by atoms with Crippen LogP contribution in [0.5, 0.6) is 0 Å². The molecular weight excluding hydrogens is 304 g/mol. The molecule has 1 aliphatic rings. The molecule has 3 N–H and O–H groups in total. The Hall–Kier alpha value is -1.92. The molecule has 6 heteroatoms. The van der Waals surface area contributed by atoms with Gasteiger partial charge in [0.15, 0.2) is 0 Å². The molecule has 0 saturated carbocycles. The topological polar surface area (TPSA) is 78.7 Å².